The molecule has 1 aromatic heterocycles. The number of nitrogens with zero attached hydrogens (tertiary/aromatic N) is 2. The van der Waals surface area contributed by atoms with E-state index in [0.717, 1.165) is 4.47 Å². The molecule has 1 aromatic carbocycles. The highest BCUT2D eigenvalue weighted by molar-refractivity contribution is 9.10. The number of rotatable bonds is 5. The van der Waals surface area contributed by atoms with Gasteiger partial charge < -0.3 is 10.1 Å². The first kappa shape index (κ1) is 15.8. The van der Waals surface area contributed by atoms with Crippen LogP contribution in [0.15, 0.2) is 28.7 Å². The van der Waals surface area contributed by atoms with Crippen LogP contribution in [0.1, 0.15) is 17.7 Å². The van der Waals surface area contributed by atoms with Crippen molar-refractivity contribution < 1.29 is 13.5 Å². The van der Waals surface area contributed by atoms with Crippen molar-refractivity contribution in [2.75, 3.05) is 19.5 Å². The number of anilines is 1. The topological polar surface area (TPSA) is 47.0 Å². The number of aromatic nitrogens is 2. The highest BCUT2D eigenvalue weighted by Gasteiger charge is 2.13. The summed E-state index contributed by atoms with van der Waals surface area (Å²) in [6.07, 6.45) is -2.48. The summed E-state index contributed by atoms with van der Waals surface area (Å²) in [4.78, 5) is 8.77. The van der Waals surface area contributed by atoms with Gasteiger partial charge in [-0.05, 0) is 15.9 Å². The largest absolute Gasteiger partial charge is 0.378 e. The molecule has 1 heterocycles. The van der Waals surface area contributed by atoms with Gasteiger partial charge in [-0.1, -0.05) is 24.3 Å². The number of alkyl halides is 2. The molecule has 0 spiro atoms. The molecule has 0 unspecified atom stereocenters. The maximum Gasteiger partial charge on any atom is 0.263 e. The lowest BCUT2D eigenvalue weighted by Gasteiger charge is -2.11. The Morgan fingerprint density at radius 2 is 1.90 bits per heavy atom. The summed E-state index contributed by atoms with van der Waals surface area (Å²) < 4.78 is 31.0. The van der Waals surface area contributed by atoms with Crippen molar-refractivity contribution in [1.29, 1.82) is 0 Å². The molecule has 7 heteroatoms. The number of ether oxygens (including phenoxy) is 1. The molecular weight excluding hydrogens is 344 g/mol. The third-order valence-electron chi connectivity index (χ3n) is 2.86. The Morgan fingerprint density at radius 3 is 2.43 bits per heavy atom. The van der Waals surface area contributed by atoms with Crippen LogP contribution in [0.5, 0.6) is 0 Å². The minimum atomic E-state index is -2.48. The van der Waals surface area contributed by atoms with Crippen LogP contribution in [0.4, 0.5) is 14.6 Å². The number of methoxy groups -OCH3 is 1. The van der Waals surface area contributed by atoms with E-state index in [4.69, 9.17) is 4.74 Å². The van der Waals surface area contributed by atoms with Crippen molar-refractivity contribution in [1.82, 2.24) is 9.97 Å². The average molecular weight is 358 g/mol. The quantitative estimate of drug-likeness (QED) is 0.877. The van der Waals surface area contributed by atoms with E-state index in [2.05, 4.69) is 31.2 Å². The van der Waals surface area contributed by atoms with Crippen molar-refractivity contribution in [3.63, 3.8) is 0 Å². The zero-order valence-corrected chi connectivity index (χ0v) is 13.1. The number of nitrogens with one attached hydrogen (secondary N) is 1. The van der Waals surface area contributed by atoms with Crippen molar-refractivity contribution in [2.24, 2.45) is 0 Å². The molecule has 0 aliphatic rings. The van der Waals surface area contributed by atoms with Gasteiger partial charge in [0.15, 0.2) is 5.82 Å². The minimum absolute atomic E-state index is 0.0261. The van der Waals surface area contributed by atoms with E-state index in [1.165, 1.54) is 12.1 Å². The summed E-state index contributed by atoms with van der Waals surface area (Å²) in [6.45, 7) is 0.319. The molecule has 0 saturated carbocycles. The van der Waals surface area contributed by atoms with Crippen LogP contribution in [0, 0.1) is 0 Å². The Labute approximate surface area is 129 Å². The van der Waals surface area contributed by atoms with Crippen LogP contribution in [-0.2, 0) is 11.3 Å². The van der Waals surface area contributed by atoms with E-state index in [9.17, 15) is 8.78 Å². The standard InChI is InChI=1S/C14H14BrF2N3O/c1-18-14-11(15)10(7-21-2)19-13(20-14)9-5-3-8(4-6-9)12(16)17/h3-6,12H,7H2,1-2H3,(H,18,19,20). The van der Waals surface area contributed by atoms with Gasteiger partial charge in [-0.25, -0.2) is 18.7 Å². The lowest BCUT2D eigenvalue weighted by Crippen LogP contribution is -2.04. The molecule has 112 valence electrons. The molecule has 0 radical (unpaired) electrons. The van der Waals surface area contributed by atoms with Crippen LogP contribution in [0.2, 0.25) is 0 Å². The predicted molar refractivity (Wildman–Crippen MR) is 80.4 cm³/mol. The fourth-order valence-electron chi connectivity index (χ4n) is 1.80. The molecule has 0 saturated heterocycles. The van der Waals surface area contributed by atoms with Gasteiger partial charge in [-0.3, -0.25) is 0 Å². The van der Waals surface area contributed by atoms with Gasteiger partial charge in [-0.2, -0.15) is 0 Å². The predicted octanol–water partition coefficient (Wildman–Crippen LogP) is 4.03. The highest BCUT2D eigenvalue weighted by atomic mass is 79.9. The Balaban J connectivity index is 2.45. The summed E-state index contributed by atoms with van der Waals surface area (Å²) >= 11 is 3.41. The van der Waals surface area contributed by atoms with Gasteiger partial charge in [0.05, 0.1) is 16.8 Å². The average Bonchev–Trinajstić information content (AvgIpc) is 2.49. The monoisotopic (exact) mass is 357 g/mol. The van der Waals surface area contributed by atoms with E-state index < -0.39 is 6.43 Å². The minimum Gasteiger partial charge on any atom is -0.378 e. The first-order chi connectivity index (χ1) is 10.1. The van der Waals surface area contributed by atoms with Gasteiger partial charge in [-0.15, -0.1) is 0 Å². The first-order valence-electron chi connectivity index (χ1n) is 6.18. The second kappa shape index (κ2) is 6.91. The van der Waals surface area contributed by atoms with E-state index in [1.807, 2.05) is 0 Å². The SMILES string of the molecule is CNc1nc(-c2ccc(C(F)F)cc2)nc(COC)c1Br. The Morgan fingerprint density at radius 1 is 1.24 bits per heavy atom. The van der Waals surface area contributed by atoms with E-state index >= 15 is 0 Å². The Kier molecular flexibility index (Phi) is 5.19. The smallest absolute Gasteiger partial charge is 0.263 e. The number of halogens is 3. The molecule has 0 bridgehead atoms. The maximum atomic E-state index is 12.6. The Bertz CT molecular complexity index is 620. The van der Waals surface area contributed by atoms with Gasteiger partial charge in [0.1, 0.15) is 5.82 Å². The molecular formula is C14H14BrF2N3O. The second-order valence-electron chi connectivity index (χ2n) is 4.26. The molecule has 2 aromatic rings. The van der Waals surface area contributed by atoms with E-state index in [1.54, 1.807) is 26.3 Å². The lowest BCUT2D eigenvalue weighted by molar-refractivity contribution is 0.151. The summed E-state index contributed by atoms with van der Waals surface area (Å²) in [7, 11) is 3.32. The fourth-order valence-corrected chi connectivity index (χ4v) is 2.29. The number of hydrogen-bond donors (Lipinski definition) is 1. The molecule has 0 aliphatic heterocycles. The van der Waals surface area contributed by atoms with Crippen LogP contribution < -0.4 is 5.32 Å². The third kappa shape index (κ3) is 3.54. The van der Waals surface area contributed by atoms with Crippen LogP contribution >= 0.6 is 15.9 Å². The second-order valence-corrected chi connectivity index (χ2v) is 5.06. The third-order valence-corrected chi connectivity index (χ3v) is 3.69. The summed E-state index contributed by atoms with van der Waals surface area (Å²) in [5.41, 5.74) is 1.33. The van der Waals surface area contributed by atoms with Gasteiger partial charge in [0.2, 0.25) is 0 Å². The molecule has 21 heavy (non-hydrogen) atoms. The number of benzene rings is 1. The van der Waals surface area contributed by atoms with Crippen molar-refractivity contribution >= 4 is 21.7 Å². The number of hydrogen-bond acceptors (Lipinski definition) is 4. The Hall–Kier alpha value is -1.60. The molecule has 4 nitrogen and oxygen atoms in total. The fraction of sp³-hybridized carbons (Fsp3) is 0.286. The van der Waals surface area contributed by atoms with Crippen LogP contribution in [-0.4, -0.2) is 24.1 Å². The van der Waals surface area contributed by atoms with Crippen LogP contribution in [0.3, 0.4) is 0 Å². The first-order valence-corrected chi connectivity index (χ1v) is 6.97. The highest BCUT2D eigenvalue weighted by Crippen LogP contribution is 2.28. The lowest BCUT2D eigenvalue weighted by atomic mass is 10.1. The molecule has 0 atom stereocenters. The van der Waals surface area contributed by atoms with E-state index in [0.29, 0.717) is 29.5 Å². The molecule has 2 rings (SSSR count). The molecule has 0 aliphatic carbocycles. The molecule has 0 fully saturated rings. The van der Waals surface area contributed by atoms with E-state index in [-0.39, 0.29) is 5.56 Å². The van der Waals surface area contributed by atoms with Crippen molar-refractivity contribution in [3.05, 3.63) is 40.0 Å². The van der Waals surface area contributed by atoms with Crippen molar-refractivity contribution in [3.8, 4) is 11.4 Å². The summed E-state index contributed by atoms with van der Waals surface area (Å²) in [5, 5.41) is 2.96. The zero-order chi connectivity index (χ0) is 15.4. The van der Waals surface area contributed by atoms with Gasteiger partial charge in [0, 0.05) is 25.3 Å². The normalized spacial score (nSPS) is 11.0. The molecule has 0 amide bonds. The van der Waals surface area contributed by atoms with Crippen molar-refractivity contribution in [2.45, 2.75) is 13.0 Å². The van der Waals surface area contributed by atoms with Gasteiger partial charge in [0.25, 0.3) is 6.43 Å². The zero-order valence-electron chi connectivity index (χ0n) is 11.5. The molecule has 1 N–H and O–H groups in total. The summed E-state index contributed by atoms with van der Waals surface area (Å²) in [6, 6.07) is 5.92. The van der Waals surface area contributed by atoms with Crippen LogP contribution in [0.25, 0.3) is 11.4 Å². The maximum absolute atomic E-state index is 12.6. The van der Waals surface area contributed by atoms with Gasteiger partial charge >= 0.3 is 0 Å². The summed E-state index contributed by atoms with van der Waals surface area (Å²) in [5.74, 6) is 1.07.